The van der Waals surface area contributed by atoms with Gasteiger partial charge in [-0.2, -0.15) is 5.26 Å². The maximum absolute atomic E-state index is 15.1. The lowest BCUT2D eigenvalue weighted by Crippen LogP contribution is -2.15. The molecule has 2 heterocycles. The minimum atomic E-state index is -4.21. The summed E-state index contributed by atoms with van der Waals surface area (Å²) in [6, 6.07) is 11.1. The van der Waals surface area contributed by atoms with Crippen LogP contribution in [0.3, 0.4) is 0 Å². The average molecular weight is 438 g/mol. The number of halogens is 2. The molecule has 0 aliphatic rings. The molecule has 10 heteroatoms. The van der Waals surface area contributed by atoms with Crippen molar-refractivity contribution in [3.05, 3.63) is 89.2 Å². The Labute approximate surface area is 175 Å². The second-order valence-electron chi connectivity index (χ2n) is 6.49. The molecule has 0 saturated heterocycles. The van der Waals surface area contributed by atoms with Crippen LogP contribution in [0, 0.1) is 23.0 Å². The number of fused-ring (bicyclic) bond motifs is 1. The van der Waals surface area contributed by atoms with Gasteiger partial charge in [-0.15, -0.1) is 0 Å². The SMILES string of the molecule is N#Cc1cnc2[nH]cc(C(=O)c3cccc(NS(=O)(=O)c4ccc(F)cc4)c3F)c2c1. The van der Waals surface area contributed by atoms with Crippen LogP contribution in [-0.4, -0.2) is 24.2 Å². The van der Waals surface area contributed by atoms with E-state index in [0.29, 0.717) is 11.0 Å². The van der Waals surface area contributed by atoms with Crippen molar-refractivity contribution in [3.8, 4) is 6.07 Å². The number of ketones is 1. The third-order valence-corrected chi connectivity index (χ3v) is 5.90. The van der Waals surface area contributed by atoms with Crippen molar-refractivity contribution in [2.75, 3.05) is 4.72 Å². The molecule has 0 radical (unpaired) electrons. The Bertz CT molecular complexity index is 1470. The lowest BCUT2D eigenvalue weighted by atomic mass is 10.0. The summed E-state index contributed by atoms with van der Waals surface area (Å²) in [4.78, 5) is 19.5. The summed E-state index contributed by atoms with van der Waals surface area (Å²) >= 11 is 0. The number of hydrogen-bond donors (Lipinski definition) is 2. The quantitative estimate of drug-likeness (QED) is 0.461. The fourth-order valence-corrected chi connectivity index (χ4v) is 4.06. The minimum absolute atomic E-state index is 0.0806. The molecule has 0 unspecified atom stereocenters. The van der Waals surface area contributed by atoms with Crippen molar-refractivity contribution < 1.29 is 22.0 Å². The number of aromatic amines is 1. The number of aromatic nitrogens is 2. The monoisotopic (exact) mass is 438 g/mol. The molecule has 154 valence electrons. The molecule has 0 amide bonds. The number of sulfonamides is 1. The van der Waals surface area contributed by atoms with Gasteiger partial charge in [0.1, 0.15) is 17.5 Å². The van der Waals surface area contributed by atoms with Crippen LogP contribution in [0.15, 0.2) is 65.8 Å². The largest absolute Gasteiger partial charge is 0.345 e. The first-order chi connectivity index (χ1) is 14.8. The van der Waals surface area contributed by atoms with Crippen LogP contribution >= 0.6 is 0 Å². The van der Waals surface area contributed by atoms with Gasteiger partial charge in [0.05, 0.1) is 21.7 Å². The standard InChI is InChI=1S/C21H12F2N4O3S/c22-13-4-6-14(7-5-13)31(29,30)27-18-3-1-2-15(19(18)23)20(28)17-11-26-21-16(17)8-12(9-24)10-25-21/h1-8,10-11,27H,(H,25,26). The first-order valence-electron chi connectivity index (χ1n) is 8.79. The van der Waals surface area contributed by atoms with E-state index in [-0.39, 0.29) is 21.6 Å². The van der Waals surface area contributed by atoms with Crippen molar-refractivity contribution in [2.45, 2.75) is 4.90 Å². The zero-order chi connectivity index (χ0) is 22.2. The van der Waals surface area contributed by atoms with E-state index in [2.05, 4.69) is 14.7 Å². The highest BCUT2D eigenvalue weighted by molar-refractivity contribution is 7.92. The van der Waals surface area contributed by atoms with E-state index in [1.165, 1.54) is 30.6 Å². The zero-order valence-electron chi connectivity index (χ0n) is 15.6. The number of hydrogen-bond acceptors (Lipinski definition) is 5. The Morgan fingerprint density at radius 1 is 1.10 bits per heavy atom. The van der Waals surface area contributed by atoms with Crippen LogP contribution in [-0.2, 0) is 10.0 Å². The molecule has 31 heavy (non-hydrogen) atoms. The van der Waals surface area contributed by atoms with Crippen LogP contribution in [0.4, 0.5) is 14.5 Å². The molecule has 0 spiro atoms. The van der Waals surface area contributed by atoms with Crippen LogP contribution in [0.5, 0.6) is 0 Å². The van der Waals surface area contributed by atoms with Gasteiger partial charge in [0.15, 0.2) is 11.6 Å². The van der Waals surface area contributed by atoms with Crippen LogP contribution in [0.25, 0.3) is 11.0 Å². The molecule has 0 atom stereocenters. The van der Waals surface area contributed by atoms with Gasteiger partial charge >= 0.3 is 0 Å². The van der Waals surface area contributed by atoms with E-state index < -0.39 is 33.1 Å². The van der Waals surface area contributed by atoms with Crippen LogP contribution in [0.1, 0.15) is 21.5 Å². The molecule has 2 aromatic carbocycles. The Hall–Kier alpha value is -4.10. The van der Waals surface area contributed by atoms with Gasteiger partial charge in [-0.1, -0.05) is 6.07 Å². The molecule has 0 fully saturated rings. The fraction of sp³-hybridized carbons (Fsp3) is 0. The number of benzene rings is 2. The van der Waals surface area contributed by atoms with Crippen molar-refractivity contribution in [1.29, 1.82) is 5.26 Å². The van der Waals surface area contributed by atoms with Gasteiger partial charge < -0.3 is 4.98 Å². The van der Waals surface area contributed by atoms with Gasteiger partial charge in [-0.3, -0.25) is 9.52 Å². The summed E-state index contributed by atoms with van der Waals surface area (Å²) in [6.45, 7) is 0. The van der Waals surface area contributed by atoms with E-state index >= 15 is 4.39 Å². The van der Waals surface area contributed by atoms with Gasteiger partial charge in [0, 0.05) is 23.3 Å². The third-order valence-electron chi connectivity index (χ3n) is 4.52. The Kier molecular flexibility index (Phi) is 4.96. The van der Waals surface area contributed by atoms with E-state index in [1.807, 2.05) is 6.07 Å². The first-order valence-corrected chi connectivity index (χ1v) is 10.3. The second-order valence-corrected chi connectivity index (χ2v) is 8.17. The number of nitrogens with zero attached hydrogens (tertiary/aromatic N) is 2. The maximum atomic E-state index is 15.1. The van der Waals surface area contributed by atoms with E-state index in [1.54, 1.807) is 0 Å². The lowest BCUT2D eigenvalue weighted by molar-refractivity contribution is 0.103. The lowest BCUT2D eigenvalue weighted by Gasteiger charge is -2.11. The molecular weight excluding hydrogens is 426 g/mol. The van der Waals surface area contributed by atoms with Crippen molar-refractivity contribution in [2.24, 2.45) is 0 Å². The first kappa shape index (κ1) is 20.2. The van der Waals surface area contributed by atoms with Gasteiger partial charge in [0.2, 0.25) is 0 Å². The van der Waals surface area contributed by atoms with Gasteiger partial charge in [0.25, 0.3) is 10.0 Å². The van der Waals surface area contributed by atoms with Crippen molar-refractivity contribution in [3.63, 3.8) is 0 Å². The van der Waals surface area contributed by atoms with Crippen LogP contribution in [0.2, 0.25) is 0 Å². The normalized spacial score (nSPS) is 11.3. The fourth-order valence-electron chi connectivity index (χ4n) is 3.00. The smallest absolute Gasteiger partial charge is 0.261 e. The molecular formula is C21H12F2N4O3S. The summed E-state index contributed by atoms with van der Waals surface area (Å²) in [5.41, 5.74) is -0.163. The Morgan fingerprint density at radius 2 is 1.84 bits per heavy atom. The number of rotatable bonds is 5. The zero-order valence-corrected chi connectivity index (χ0v) is 16.4. The minimum Gasteiger partial charge on any atom is -0.345 e. The average Bonchev–Trinajstić information content (AvgIpc) is 3.18. The molecule has 4 aromatic rings. The van der Waals surface area contributed by atoms with E-state index in [9.17, 15) is 17.6 Å². The number of carbonyl (C=O) groups is 1. The molecule has 0 aliphatic heterocycles. The summed E-state index contributed by atoms with van der Waals surface area (Å²) < 4.78 is 55.2. The second kappa shape index (κ2) is 7.62. The molecule has 0 bridgehead atoms. The number of anilines is 1. The number of carbonyl (C=O) groups excluding carboxylic acids is 1. The highest BCUT2D eigenvalue weighted by Crippen LogP contribution is 2.26. The van der Waals surface area contributed by atoms with E-state index in [0.717, 1.165) is 30.3 Å². The topological polar surface area (TPSA) is 116 Å². The van der Waals surface area contributed by atoms with Gasteiger partial charge in [-0.05, 0) is 42.5 Å². The summed E-state index contributed by atoms with van der Waals surface area (Å²) in [5.74, 6) is -2.41. The highest BCUT2D eigenvalue weighted by Gasteiger charge is 2.23. The molecule has 2 N–H and O–H groups in total. The van der Waals surface area contributed by atoms with Crippen LogP contribution < -0.4 is 4.72 Å². The highest BCUT2D eigenvalue weighted by atomic mass is 32.2. The van der Waals surface area contributed by atoms with Crippen molar-refractivity contribution in [1.82, 2.24) is 9.97 Å². The van der Waals surface area contributed by atoms with E-state index in [4.69, 9.17) is 5.26 Å². The van der Waals surface area contributed by atoms with Gasteiger partial charge in [-0.25, -0.2) is 22.2 Å². The number of H-pyrrole nitrogens is 1. The molecule has 4 rings (SSSR count). The molecule has 0 saturated carbocycles. The number of pyridine rings is 1. The van der Waals surface area contributed by atoms with Crippen molar-refractivity contribution >= 4 is 32.5 Å². The predicted octanol–water partition coefficient (Wildman–Crippen LogP) is 3.74. The summed E-state index contributed by atoms with van der Waals surface area (Å²) in [6.07, 6.45) is 2.68. The molecule has 2 aromatic heterocycles. The predicted molar refractivity (Wildman–Crippen MR) is 108 cm³/mol. The molecule has 7 nitrogen and oxygen atoms in total. The maximum Gasteiger partial charge on any atom is 0.261 e. The summed E-state index contributed by atoms with van der Waals surface area (Å²) in [7, 11) is -4.21. The summed E-state index contributed by atoms with van der Waals surface area (Å²) in [5, 5.41) is 9.38. The Balaban J connectivity index is 1.72. The Morgan fingerprint density at radius 3 is 2.55 bits per heavy atom. The number of nitriles is 1. The third kappa shape index (κ3) is 3.74. The molecule has 0 aliphatic carbocycles. The number of nitrogens with one attached hydrogen (secondary N) is 2.